The summed E-state index contributed by atoms with van der Waals surface area (Å²) >= 11 is 5.90. The van der Waals surface area contributed by atoms with Crippen LogP contribution in [0.15, 0.2) is 30.6 Å². The number of carbonyl (C=O) groups is 1. The molecular weight excluding hydrogens is 479 g/mol. The normalized spacial score (nSPS) is 26.3. The van der Waals surface area contributed by atoms with E-state index in [0.717, 1.165) is 63.0 Å². The average molecular weight is 515 g/mol. The molecule has 5 rings (SSSR count). The van der Waals surface area contributed by atoms with Crippen LogP contribution in [0.3, 0.4) is 0 Å². The first kappa shape index (κ1) is 25.2. The Morgan fingerprint density at radius 3 is 2.47 bits per heavy atom. The molecular formula is C28H36ClFN4O2. The molecule has 0 radical (unpaired) electrons. The highest BCUT2D eigenvalue weighted by Crippen LogP contribution is 2.49. The maximum atomic E-state index is 14.7. The molecule has 36 heavy (non-hydrogen) atoms. The molecule has 2 aromatic rings. The summed E-state index contributed by atoms with van der Waals surface area (Å²) < 4.78 is 20.6. The SMILES string of the molecule is CC1CCC(C)N1C(=O)Cc1ccc(OCCC2CC2C2CCN(c3ncc(Cl)cn3)CC2)cc1F. The van der Waals surface area contributed by atoms with Crippen molar-refractivity contribution in [3.8, 4) is 5.75 Å². The van der Waals surface area contributed by atoms with Gasteiger partial charge in [0, 0.05) is 31.2 Å². The third kappa shape index (κ3) is 5.77. The lowest BCUT2D eigenvalue weighted by Gasteiger charge is -2.32. The highest BCUT2D eigenvalue weighted by atomic mass is 35.5. The van der Waals surface area contributed by atoms with Crippen LogP contribution in [-0.4, -0.2) is 52.6 Å². The zero-order valence-corrected chi connectivity index (χ0v) is 22.0. The second-order valence-corrected chi connectivity index (χ2v) is 11.3. The number of amides is 1. The lowest BCUT2D eigenvalue weighted by Crippen LogP contribution is -2.39. The Hall–Kier alpha value is -2.41. The zero-order valence-electron chi connectivity index (χ0n) is 21.2. The number of hydrogen-bond donors (Lipinski definition) is 0. The van der Waals surface area contributed by atoms with E-state index < -0.39 is 0 Å². The summed E-state index contributed by atoms with van der Waals surface area (Å²) in [6.07, 6.45) is 10.0. The van der Waals surface area contributed by atoms with Crippen molar-refractivity contribution in [3.05, 3.63) is 47.0 Å². The number of nitrogens with zero attached hydrogens (tertiary/aromatic N) is 4. The van der Waals surface area contributed by atoms with Crippen LogP contribution in [0.5, 0.6) is 5.75 Å². The molecule has 0 N–H and O–H groups in total. The molecule has 4 unspecified atom stereocenters. The van der Waals surface area contributed by atoms with Crippen molar-refractivity contribution >= 4 is 23.5 Å². The highest BCUT2D eigenvalue weighted by Gasteiger charge is 2.43. The first-order valence-electron chi connectivity index (χ1n) is 13.3. The summed E-state index contributed by atoms with van der Waals surface area (Å²) in [6.45, 7) is 6.70. The molecule has 8 heteroatoms. The first-order chi connectivity index (χ1) is 17.4. The number of anilines is 1. The van der Waals surface area contributed by atoms with E-state index >= 15 is 0 Å². The number of ether oxygens (including phenoxy) is 1. The molecule has 0 spiro atoms. The molecule has 1 aromatic carbocycles. The maximum absolute atomic E-state index is 14.7. The molecule has 3 aliphatic rings. The maximum Gasteiger partial charge on any atom is 0.227 e. The molecule has 0 bridgehead atoms. The second-order valence-electron chi connectivity index (χ2n) is 10.8. The van der Waals surface area contributed by atoms with Gasteiger partial charge >= 0.3 is 0 Å². The van der Waals surface area contributed by atoms with Crippen LogP contribution in [0.1, 0.15) is 57.9 Å². The number of likely N-dealkylation sites (tertiary alicyclic amines) is 1. The summed E-state index contributed by atoms with van der Waals surface area (Å²) in [5.74, 6) is 3.16. The average Bonchev–Trinajstić information content (AvgIpc) is 3.56. The predicted molar refractivity (Wildman–Crippen MR) is 139 cm³/mol. The lowest BCUT2D eigenvalue weighted by atomic mass is 9.90. The van der Waals surface area contributed by atoms with Crippen molar-refractivity contribution in [2.45, 2.75) is 70.9 Å². The smallest absolute Gasteiger partial charge is 0.227 e. The minimum atomic E-state index is -0.360. The van der Waals surface area contributed by atoms with E-state index in [1.807, 2.05) is 4.90 Å². The van der Waals surface area contributed by atoms with Crippen LogP contribution in [0, 0.1) is 23.6 Å². The van der Waals surface area contributed by atoms with Gasteiger partial charge in [0.2, 0.25) is 11.9 Å². The Morgan fingerprint density at radius 2 is 1.81 bits per heavy atom. The van der Waals surface area contributed by atoms with Gasteiger partial charge in [0.05, 0.1) is 30.4 Å². The third-order valence-corrected chi connectivity index (χ3v) is 8.57. The molecule has 1 saturated carbocycles. The molecule has 1 amide bonds. The van der Waals surface area contributed by atoms with Gasteiger partial charge < -0.3 is 14.5 Å². The zero-order chi connectivity index (χ0) is 25.2. The Balaban J connectivity index is 1.03. The topological polar surface area (TPSA) is 58.6 Å². The number of aromatic nitrogens is 2. The van der Waals surface area contributed by atoms with Crippen molar-refractivity contribution in [2.24, 2.45) is 17.8 Å². The van der Waals surface area contributed by atoms with Gasteiger partial charge in [-0.05, 0) is 81.8 Å². The summed E-state index contributed by atoms with van der Waals surface area (Å²) in [5, 5.41) is 0.562. The van der Waals surface area contributed by atoms with Gasteiger partial charge in [-0.25, -0.2) is 14.4 Å². The highest BCUT2D eigenvalue weighted by molar-refractivity contribution is 6.30. The molecule has 194 valence electrons. The quantitative estimate of drug-likeness (QED) is 0.463. The van der Waals surface area contributed by atoms with Crippen LogP contribution in [0.2, 0.25) is 5.02 Å². The molecule has 3 fully saturated rings. The largest absolute Gasteiger partial charge is 0.493 e. The molecule has 2 saturated heterocycles. The van der Waals surface area contributed by atoms with Gasteiger partial charge in [-0.3, -0.25) is 4.79 Å². The van der Waals surface area contributed by atoms with Crippen molar-refractivity contribution < 1.29 is 13.9 Å². The Morgan fingerprint density at radius 1 is 1.11 bits per heavy atom. The summed E-state index contributed by atoms with van der Waals surface area (Å²) in [7, 11) is 0. The number of rotatable bonds is 8. The van der Waals surface area contributed by atoms with E-state index in [1.54, 1.807) is 24.5 Å². The molecule has 6 nitrogen and oxygen atoms in total. The monoisotopic (exact) mass is 514 g/mol. The lowest BCUT2D eigenvalue weighted by molar-refractivity contribution is -0.132. The summed E-state index contributed by atoms with van der Waals surface area (Å²) in [4.78, 5) is 25.5. The van der Waals surface area contributed by atoms with E-state index in [0.29, 0.717) is 28.9 Å². The van der Waals surface area contributed by atoms with Gasteiger partial charge in [-0.2, -0.15) is 0 Å². The first-order valence-corrected chi connectivity index (χ1v) is 13.7. The van der Waals surface area contributed by atoms with Crippen molar-refractivity contribution in [3.63, 3.8) is 0 Å². The molecule has 4 atom stereocenters. The fraction of sp³-hybridized carbons (Fsp3) is 0.607. The Kier molecular flexibility index (Phi) is 7.65. The van der Waals surface area contributed by atoms with Crippen molar-refractivity contribution in [1.82, 2.24) is 14.9 Å². The third-order valence-electron chi connectivity index (χ3n) is 8.38. The van der Waals surface area contributed by atoms with Gasteiger partial charge in [0.25, 0.3) is 0 Å². The fourth-order valence-electron chi connectivity index (χ4n) is 6.21. The fourth-order valence-corrected chi connectivity index (χ4v) is 6.30. The second kappa shape index (κ2) is 10.9. The molecule has 1 aromatic heterocycles. The minimum Gasteiger partial charge on any atom is -0.493 e. The summed E-state index contributed by atoms with van der Waals surface area (Å²) in [5.41, 5.74) is 0.441. The van der Waals surface area contributed by atoms with Crippen LogP contribution >= 0.6 is 11.6 Å². The van der Waals surface area contributed by atoms with Crippen LogP contribution in [0.25, 0.3) is 0 Å². The Bertz CT molecular complexity index is 1050. The van der Waals surface area contributed by atoms with Gasteiger partial charge in [0.15, 0.2) is 0 Å². The van der Waals surface area contributed by atoms with Gasteiger partial charge in [-0.1, -0.05) is 17.7 Å². The van der Waals surface area contributed by atoms with Crippen molar-refractivity contribution in [2.75, 3.05) is 24.6 Å². The molecule has 3 heterocycles. The molecule has 1 aliphatic carbocycles. The Labute approximate surface area is 218 Å². The van der Waals surface area contributed by atoms with Crippen LogP contribution in [-0.2, 0) is 11.2 Å². The van der Waals surface area contributed by atoms with E-state index in [9.17, 15) is 9.18 Å². The predicted octanol–water partition coefficient (Wildman–Crippen LogP) is 5.53. The van der Waals surface area contributed by atoms with E-state index in [2.05, 4.69) is 28.7 Å². The number of benzene rings is 1. The number of halogens is 2. The van der Waals surface area contributed by atoms with Crippen molar-refractivity contribution in [1.29, 1.82) is 0 Å². The number of piperidine rings is 1. The van der Waals surface area contributed by atoms with E-state index in [1.165, 1.54) is 12.5 Å². The van der Waals surface area contributed by atoms with Gasteiger partial charge in [-0.15, -0.1) is 0 Å². The standard InChI is InChI=1S/C28H36ClFN4O2/c1-18-3-4-19(2)34(18)27(35)14-22-5-6-24(15-26(22)30)36-12-9-21-13-25(21)20-7-10-33(11-8-20)28-31-16-23(29)17-32-28/h5-6,15-21,25H,3-4,7-14H2,1-2H3. The van der Waals surface area contributed by atoms with Crippen LogP contribution < -0.4 is 9.64 Å². The summed E-state index contributed by atoms with van der Waals surface area (Å²) in [6, 6.07) is 5.38. The van der Waals surface area contributed by atoms with Gasteiger partial charge in [0.1, 0.15) is 11.6 Å². The number of carbonyl (C=O) groups excluding carboxylic acids is 1. The van der Waals surface area contributed by atoms with Crippen LogP contribution in [0.4, 0.5) is 10.3 Å². The van der Waals surface area contributed by atoms with E-state index in [-0.39, 0.29) is 30.2 Å². The van der Waals surface area contributed by atoms with E-state index in [4.69, 9.17) is 16.3 Å². The molecule has 2 aliphatic heterocycles. The minimum absolute atomic E-state index is 0.00590. The number of hydrogen-bond acceptors (Lipinski definition) is 5.